The zero-order valence-electron chi connectivity index (χ0n) is 8.42. The average Bonchev–Trinajstić information content (AvgIpc) is 2.02. The fourth-order valence-electron chi connectivity index (χ4n) is 1.68. The van der Waals surface area contributed by atoms with E-state index in [2.05, 4.69) is 16.7 Å². The molecule has 1 saturated carbocycles. The van der Waals surface area contributed by atoms with Crippen molar-refractivity contribution in [2.75, 3.05) is 19.7 Å². The van der Waals surface area contributed by atoms with Crippen molar-refractivity contribution in [3.05, 3.63) is 0 Å². The third-order valence-electron chi connectivity index (χ3n) is 2.68. The maximum absolute atomic E-state index is 8.88. The Balaban J connectivity index is 2.22. The van der Waals surface area contributed by atoms with E-state index in [4.69, 9.17) is 5.11 Å². The number of hydrogen-bond acceptors (Lipinski definition) is 2. The lowest BCUT2D eigenvalue weighted by Crippen LogP contribution is -2.42. The Kier molecular flexibility index (Phi) is 4.88. The first-order valence-corrected chi connectivity index (χ1v) is 5.13. The minimum atomic E-state index is 0.274. The number of hydrogen-bond donors (Lipinski definition) is 1. The lowest BCUT2D eigenvalue weighted by atomic mass is 9.91. The predicted octanol–water partition coefficient (Wildman–Crippen LogP) is 1.25. The molecule has 1 N–H and O–H groups in total. The van der Waals surface area contributed by atoms with Crippen molar-refractivity contribution >= 4 is 0 Å². The number of aliphatic hydroxyl groups is 1. The van der Waals surface area contributed by atoms with Crippen LogP contribution in [0.3, 0.4) is 0 Å². The molecule has 0 aromatic carbocycles. The molecular formula is C11H19NO. The van der Waals surface area contributed by atoms with Gasteiger partial charge in [-0.1, -0.05) is 6.42 Å². The second-order valence-corrected chi connectivity index (χ2v) is 3.52. The van der Waals surface area contributed by atoms with Crippen LogP contribution in [0.5, 0.6) is 0 Å². The lowest BCUT2D eigenvalue weighted by molar-refractivity contribution is 0.104. The monoisotopic (exact) mass is 181 g/mol. The summed E-state index contributed by atoms with van der Waals surface area (Å²) >= 11 is 0. The smallest absolute Gasteiger partial charge is 0.0558 e. The fraction of sp³-hybridized carbons (Fsp3) is 0.818. The van der Waals surface area contributed by atoms with Gasteiger partial charge in [-0.25, -0.2) is 0 Å². The summed E-state index contributed by atoms with van der Waals surface area (Å²) in [7, 11) is 0. The first-order chi connectivity index (χ1) is 6.38. The molecule has 2 nitrogen and oxygen atoms in total. The standard InChI is InChI=1S/C11H19NO/c1-2-3-4-8-12(9-10-13)11-6-5-7-11/h11,13H,4-10H2,1H3. The average molecular weight is 181 g/mol. The van der Waals surface area contributed by atoms with Gasteiger partial charge in [0, 0.05) is 25.6 Å². The van der Waals surface area contributed by atoms with E-state index in [-0.39, 0.29) is 6.61 Å². The Morgan fingerprint density at radius 3 is 2.62 bits per heavy atom. The Hall–Kier alpha value is -0.520. The van der Waals surface area contributed by atoms with Crippen molar-refractivity contribution in [1.82, 2.24) is 4.90 Å². The molecule has 0 unspecified atom stereocenters. The number of aliphatic hydroxyl groups excluding tert-OH is 1. The zero-order valence-corrected chi connectivity index (χ0v) is 8.42. The Morgan fingerprint density at radius 2 is 2.15 bits per heavy atom. The molecule has 1 rings (SSSR count). The number of rotatable bonds is 5. The largest absolute Gasteiger partial charge is 0.395 e. The maximum Gasteiger partial charge on any atom is 0.0558 e. The van der Waals surface area contributed by atoms with E-state index in [1.807, 2.05) is 6.92 Å². The molecule has 0 atom stereocenters. The van der Waals surface area contributed by atoms with Crippen LogP contribution in [-0.2, 0) is 0 Å². The van der Waals surface area contributed by atoms with E-state index in [0.717, 1.165) is 25.6 Å². The maximum atomic E-state index is 8.88. The van der Waals surface area contributed by atoms with Crippen molar-refractivity contribution in [3.8, 4) is 11.8 Å². The molecule has 74 valence electrons. The van der Waals surface area contributed by atoms with Gasteiger partial charge in [0.25, 0.3) is 0 Å². The Labute approximate surface area is 80.9 Å². The second-order valence-electron chi connectivity index (χ2n) is 3.52. The molecule has 0 amide bonds. The third kappa shape index (κ3) is 3.38. The summed E-state index contributed by atoms with van der Waals surface area (Å²) in [6.07, 6.45) is 4.90. The molecule has 1 aliphatic carbocycles. The van der Waals surface area contributed by atoms with Gasteiger partial charge in [0.05, 0.1) is 6.61 Å². The van der Waals surface area contributed by atoms with E-state index in [1.54, 1.807) is 0 Å². The lowest BCUT2D eigenvalue weighted by Gasteiger charge is -2.36. The van der Waals surface area contributed by atoms with Gasteiger partial charge in [0.1, 0.15) is 0 Å². The first-order valence-electron chi connectivity index (χ1n) is 5.13. The van der Waals surface area contributed by atoms with Crippen molar-refractivity contribution < 1.29 is 5.11 Å². The van der Waals surface area contributed by atoms with Gasteiger partial charge in [-0.05, 0) is 19.8 Å². The van der Waals surface area contributed by atoms with Gasteiger partial charge >= 0.3 is 0 Å². The molecular weight excluding hydrogens is 162 g/mol. The summed E-state index contributed by atoms with van der Waals surface area (Å²) in [6, 6.07) is 0.728. The van der Waals surface area contributed by atoms with Gasteiger partial charge in [0.2, 0.25) is 0 Å². The van der Waals surface area contributed by atoms with E-state index in [0.29, 0.717) is 0 Å². The summed E-state index contributed by atoms with van der Waals surface area (Å²) in [5.74, 6) is 5.97. The summed E-state index contributed by atoms with van der Waals surface area (Å²) < 4.78 is 0. The van der Waals surface area contributed by atoms with Gasteiger partial charge in [-0.2, -0.15) is 0 Å². The van der Waals surface area contributed by atoms with Gasteiger partial charge in [-0.3, -0.25) is 4.90 Å². The summed E-state index contributed by atoms with van der Waals surface area (Å²) in [4.78, 5) is 2.37. The van der Waals surface area contributed by atoms with E-state index >= 15 is 0 Å². The van der Waals surface area contributed by atoms with Crippen LogP contribution >= 0.6 is 0 Å². The minimum Gasteiger partial charge on any atom is -0.395 e. The number of nitrogens with zero attached hydrogens (tertiary/aromatic N) is 1. The highest BCUT2D eigenvalue weighted by atomic mass is 16.3. The van der Waals surface area contributed by atoms with E-state index in [1.165, 1.54) is 19.3 Å². The van der Waals surface area contributed by atoms with Crippen LogP contribution in [0.15, 0.2) is 0 Å². The van der Waals surface area contributed by atoms with Crippen LogP contribution < -0.4 is 0 Å². The van der Waals surface area contributed by atoms with Crippen LogP contribution in [0.25, 0.3) is 0 Å². The second kappa shape index (κ2) is 6.01. The summed E-state index contributed by atoms with van der Waals surface area (Å²) in [6.45, 7) is 3.98. The molecule has 2 heteroatoms. The van der Waals surface area contributed by atoms with Crippen LogP contribution in [0, 0.1) is 11.8 Å². The van der Waals surface area contributed by atoms with Gasteiger partial charge in [0.15, 0.2) is 0 Å². The highest BCUT2D eigenvalue weighted by molar-refractivity contribution is 4.96. The predicted molar refractivity (Wildman–Crippen MR) is 54.4 cm³/mol. The summed E-state index contributed by atoms with van der Waals surface area (Å²) in [5, 5.41) is 8.88. The molecule has 0 spiro atoms. The fourth-order valence-corrected chi connectivity index (χ4v) is 1.68. The van der Waals surface area contributed by atoms with E-state index in [9.17, 15) is 0 Å². The molecule has 0 bridgehead atoms. The highest BCUT2D eigenvalue weighted by Crippen LogP contribution is 2.24. The first kappa shape index (κ1) is 10.6. The Morgan fingerprint density at radius 1 is 1.38 bits per heavy atom. The molecule has 0 heterocycles. The minimum absolute atomic E-state index is 0.274. The molecule has 1 fully saturated rings. The van der Waals surface area contributed by atoms with Crippen molar-refractivity contribution in [2.45, 2.75) is 38.6 Å². The molecule has 0 aliphatic heterocycles. The van der Waals surface area contributed by atoms with Crippen LogP contribution in [-0.4, -0.2) is 35.7 Å². The molecule has 0 saturated heterocycles. The highest BCUT2D eigenvalue weighted by Gasteiger charge is 2.23. The van der Waals surface area contributed by atoms with Crippen molar-refractivity contribution in [3.63, 3.8) is 0 Å². The molecule has 1 aliphatic rings. The van der Waals surface area contributed by atoms with Crippen LogP contribution in [0.1, 0.15) is 32.6 Å². The zero-order chi connectivity index (χ0) is 9.52. The molecule has 0 aromatic heterocycles. The quantitative estimate of drug-likeness (QED) is 0.645. The van der Waals surface area contributed by atoms with Gasteiger partial charge < -0.3 is 5.11 Å². The van der Waals surface area contributed by atoms with Crippen LogP contribution in [0.4, 0.5) is 0 Å². The topological polar surface area (TPSA) is 23.5 Å². The molecule has 0 radical (unpaired) electrons. The van der Waals surface area contributed by atoms with Crippen molar-refractivity contribution in [2.24, 2.45) is 0 Å². The normalized spacial score (nSPS) is 16.5. The van der Waals surface area contributed by atoms with Crippen molar-refractivity contribution in [1.29, 1.82) is 0 Å². The summed E-state index contributed by atoms with van der Waals surface area (Å²) in [5.41, 5.74) is 0. The van der Waals surface area contributed by atoms with E-state index < -0.39 is 0 Å². The molecule has 0 aromatic rings. The third-order valence-corrected chi connectivity index (χ3v) is 2.68. The van der Waals surface area contributed by atoms with Crippen LogP contribution in [0.2, 0.25) is 0 Å². The molecule has 13 heavy (non-hydrogen) atoms. The SMILES string of the molecule is CC#CCCN(CCO)C1CCC1. The Bertz CT molecular complexity index is 188. The van der Waals surface area contributed by atoms with Gasteiger partial charge in [-0.15, -0.1) is 11.8 Å².